The summed E-state index contributed by atoms with van der Waals surface area (Å²) >= 11 is -1.66. The van der Waals surface area contributed by atoms with E-state index in [-0.39, 0.29) is 16.8 Å². The van der Waals surface area contributed by atoms with Gasteiger partial charge in [-0.25, -0.2) is 0 Å². The van der Waals surface area contributed by atoms with Crippen LogP contribution in [0.15, 0.2) is 0 Å². The van der Waals surface area contributed by atoms with E-state index in [1.807, 2.05) is 0 Å². The first kappa shape index (κ1) is 10.1. The third-order valence-corrected chi connectivity index (χ3v) is 0. The number of hydrogen-bond acceptors (Lipinski definition) is 0. The maximum Gasteiger partial charge on any atom is 0 e. The molecule has 0 aliphatic carbocycles. The number of hydrogen-bond donors (Lipinski definition) is 0. The average molecular weight is 268 g/mol. The minimum absolute atomic E-state index is 0. The fourth-order valence-electron chi connectivity index (χ4n) is 0. The van der Waals surface area contributed by atoms with Crippen LogP contribution in [0.1, 0.15) is 0 Å². The standard InChI is InChI=1S/3ClH.Co.Rh/h3*1H;;/q;;;;+3/p-3. The second kappa shape index (κ2) is 6.00. The van der Waals surface area contributed by atoms with E-state index in [0.717, 1.165) is 0 Å². The fourth-order valence-corrected chi connectivity index (χ4v) is 0. The molecule has 0 nitrogen and oxygen atoms in total. The van der Waals surface area contributed by atoms with E-state index in [4.69, 9.17) is 29.1 Å². The zero-order valence-electron chi connectivity index (χ0n) is 1.80. The third-order valence-electron chi connectivity index (χ3n) is 0. The summed E-state index contributed by atoms with van der Waals surface area (Å²) in [5.74, 6) is 0. The van der Waals surface area contributed by atoms with Crippen LogP contribution in [0.4, 0.5) is 0 Å². The molecule has 0 aromatic carbocycles. The molecule has 0 rings (SSSR count). The van der Waals surface area contributed by atoms with Gasteiger partial charge in [0.25, 0.3) is 0 Å². The van der Waals surface area contributed by atoms with Crippen LogP contribution < -0.4 is 0 Å². The SMILES string of the molecule is [Cl][Rh]([Cl])[Cl].[Co]. The molecule has 39 valence electrons. The van der Waals surface area contributed by atoms with E-state index in [2.05, 4.69) is 0 Å². The van der Waals surface area contributed by atoms with Crippen LogP contribution in [0.25, 0.3) is 0 Å². The molecule has 5 heteroatoms. The first-order chi connectivity index (χ1) is 1.73. The summed E-state index contributed by atoms with van der Waals surface area (Å²) in [7, 11) is 14.8. The van der Waals surface area contributed by atoms with Crippen molar-refractivity contribution in [3.63, 3.8) is 0 Å². The van der Waals surface area contributed by atoms with Gasteiger partial charge in [0, 0.05) is 16.8 Å². The Balaban J connectivity index is 0. The van der Waals surface area contributed by atoms with Crippen LogP contribution >= 0.6 is 29.1 Å². The molecular formula is Cl3CoRh. The molecular weight excluding hydrogens is 268 g/mol. The minimum Gasteiger partial charge on any atom is 0 e. The van der Waals surface area contributed by atoms with Crippen molar-refractivity contribution >= 4 is 29.1 Å². The van der Waals surface area contributed by atoms with Crippen LogP contribution in [0.5, 0.6) is 0 Å². The molecule has 0 aromatic rings. The molecule has 1 radical (unpaired) electrons. The molecule has 0 unspecified atom stereocenters. The van der Waals surface area contributed by atoms with Crippen molar-refractivity contribution in [2.75, 3.05) is 0 Å². The largest absolute Gasteiger partial charge is 0 e. The van der Waals surface area contributed by atoms with Gasteiger partial charge >= 0.3 is 42.1 Å². The van der Waals surface area contributed by atoms with E-state index in [9.17, 15) is 0 Å². The van der Waals surface area contributed by atoms with Crippen LogP contribution in [-0.4, -0.2) is 0 Å². The van der Waals surface area contributed by atoms with Crippen molar-refractivity contribution in [3.05, 3.63) is 0 Å². The van der Waals surface area contributed by atoms with Gasteiger partial charge in [-0.1, -0.05) is 0 Å². The number of halogens is 3. The second-order valence-corrected chi connectivity index (χ2v) is 7.61. The Morgan fingerprint density at radius 2 is 1.00 bits per heavy atom. The normalized spacial score (nSPS) is 9.00. The van der Waals surface area contributed by atoms with Gasteiger partial charge in [0.1, 0.15) is 0 Å². The molecule has 0 atom stereocenters. The number of rotatable bonds is 0. The first-order valence-corrected chi connectivity index (χ1v) is 6.71. The molecule has 0 bridgehead atoms. The van der Waals surface area contributed by atoms with Crippen molar-refractivity contribution in [1.29, 1.82) is 0 Å². The Morgan fingerprint density at radius 3 is 1.00 bits per heavy atom. The maximum absolute atomic E-state index is 4.94. The summed E-state index contributed by atoms with van der Waals surface area (Å²) < 4.78 is 0. The summed E-state index contributed by atoms with van der Waals surface area (Å²) in [5, 5.41) is 0. The zero-order valence-corrected chi connectivity index (χ0v) is 6.75. The van der Waals surface area contributed by atoms with Crippen LogP contribution in [0.2, 0.25) is 0 Å². The van der Waals surface area contributed by atoms with E-state index in [1.165, 1.54) is 0 Å². The Labute approximate surface area is 58.4 Å². The third kappa shape index (κ3) is 24.0. The maximum atomic E-state index is 4.94. The van der Waals surface area contributed by atoms with Crippen LogP contribution in [0.3, 0.4) is 0 Å². The van der Waals surface area contributed by atoms with E-state index < -0.39 is 13.0 Å². The van der Waals surface area contributed by atoms with Gasteiger partial charge in [-0.15, -0.1) is 0 Å². The molecule has 0 spiro atoms. The summed E-state index contributed by atoms with van der Waals surface area (Å²) in [5.41, 5.74) is 0. The molecule has 0 aliphatic heterocycles. The molecule has 0 amide bonds. The smallest absolute Gasteiger partial charge is 0 e. The fraction of sp³-hybridized carbons (Fsp3) is 0. The molecule has 0 aliphatic rings. The molecule has 0 fully saturated rings. The van der Waals surface area contributed by atoms with Crippen LogP contribution in [0, 0.1) is 0 Å². The van der Waals surface area contributed by atoms with E-state index in [1.54, 1.807) is 0 Å². The van der Waals surface area contributed by atoms with Gasteiger partial charge in [0.05, 0.1) is 0 Å². The van der Waals surface area contributed by atoms with Crippen molar-refractivity contribution in [1.82, 2.24) is 0 Å². The Kier molecular flexibility index (Phi) is 12.1. The summed E-state index contributed by atoms with van der Waals surface area (Å²) in [4.78, 5) is 0. The van der Waals surface area contributed by atoms with Gasteiger partial charge < -0.3 is 0 Å². The predicted molar refractivity (Wildman–Crippen MR) is 17.6 cm³/mol. The van der Waals surface area contributed by atoms with E-state index in [0.29, 0.717) is 0 Å². The molecule has 0 aromatic heterocycles. The average Bonchev–Trinajstić information content (AvgIpc) is 0.811. The zero-order chi connectivity index (χ0) is 3.58. The summed E-state index contributed by atoms with van der Waals surface area (Å²) in [6.45, 7) is 0. The van der Waals surface area contributed by atoms with Crippen molar-refractivity contribution in [2.45, 2.75) is 0 Å². The van der Waals surface area contributed by atoms with Gasteiger partial charge in [0.2, 0.25) is 0 Å². The Bertz CT molecular complexity index is 11.6. The minimum atomic E-state index is -1.66. The van der Waals surface area contributed by atoms with Crippen molar-refractivity contribution in [2.24, 2.45) is 0 Å². The monoisotopic (exact) mass is 267 g/mol. The van der Waals surface area contributed by atoms with Gasteiger partial charge in [0.15, 0.2) is 0 Å². The van der Waals surface area contributed by atoms with Gasteiger partial charge in [-0.2, -0.15) is 0 Å². The molecule has 0 saturated carbocycles. The van der Waals surface area contributed by atoms with Crippen molar-refractivity contribution in [3.8, 4) is 0 Å². The first-order valence-electron chi connectivity index (χ1n) is 0.378. The molecule has 0 N–H and O–H groups in total. The van der Waals surface area contributed by atoms with Gasteiger partial charge in [-0.3, -0.25) is 0 Å². The molecule has 0 heterocycles. The summed E-state index contributed by atoms with van der Waals surface area (Å²) in [6, 6.07) is 0. The second-order valence-electron chi connectivity index (χ2n) is 0.143. The predicted octanol–water partition coefficient (Wildman–Crippen LogP) is 2.06. The van der Waals surface area contributed by atoms with E-state index >= 15 is 0 Å². The molecule has 5 heavy (non-hydrogen) atoms. The Hall–Kier alpha value is 2.00. The summed E-state index contributed by atoms with van der Waals surface area (Å²) in [6.07, 6.45) is 0. The quantitative estimate of drug-likeness (QED) is 0.590. The van der Waals surface area contributed by atoms with Gasteiger partial charge in [-0.05, 0) is 0 Å². The van der Waals surface area contributed by atoms with Crippen molar-refractivity contribution < 1.29 is 29.8 Å². The van der Waals surface area contributed by atoms with Crippen LogP contribution in [-0.2, 0) is 29.8 Å². The Morgan fingerprint density at radius 1 is 1.00 bits per heavy atom. The molecule has 0 saturated heterocycles. The topological polar surface area (TPSA) is 0 Å².